The van der Waals surface area contributed by atoms with Gasteiger partial charge in [0.25, 0.3) is 0 Å². The zero-order valence-electron chi connectivity index (χ0n) is 6.91. The number of benzene rings is 1. The van der Waals surface area contributed by atoms with Gasteiger partial charge in [-0.25, -0.2) is 4.79 Å². The lowest BCUT2D eigenvalue weighted by atomic mass is 10.3. The number of para-hydroxylation sites is 1. The van der Waals surface area contributed by atoms with Gasteiger partial charge in [-0.05, 0) is 12.1 Å². The molecule has 0 atom stereocenters. The van der Waals surface area contributed by atoms with Gasteiger partial charge in [-0.2, -0.15) is 0 Å². The number of nitrogens with one attached hydrogen (secondary N) is 2. The van der Waals surface area contributed by atoms with Crippen molar-refractivity contribution in [3.8, 4) is 0 Å². The van der Waals surface area contributed by atoms with Gasteiger partial charge in [0.05, 0.1) is 0 Å². The number of hydrogen-bond donors (Lipinski definition) is 2. The summed E-state index contributed by atoms with van der Waals surface area (Å²) in [5.41, 5.74) is 0.626. The van der Waals surface area contributed by atoms with Crippen LogP contribution >= 0.6 is 0 Å². The quantitative estimate of drug-likeness (QED) is 0.676. The molecule has 0 bridgehead atoms. The van der Waals surface area contributed by atoms with Crippen LogP contribution in [0, 0.1) is 6.92 Å². The van der Waals surface area contributed by atoms with Gasteiger partial charge in [-0.15, -0.1) is 0 Å². The summed E-state index contributed by atoms with van der Waals surface area (Å²) in [7, 11) is 0. The van der Waals surface area contributed by atoms with Crippen molar-refractivity contribution in [2.75, 3.05) is 5.32 Å². The highest BCUT2D eigenvalue weighted by Crippen LogP contribution is 2.03. The molecule has 0 aliphatic heterocycles. The first-order chi connectivity index (χ1) is 6.18. The van der Waals surface area contributed by atoms with Crippen molar-refractivity contribution >= 4 is 17.6 Å². The van der Waals surface area contributed by atoms with E-state index >= 15 is 0 Å². The molecule has 4 nitrogen and oxygen atoms in total. The number of rotatable bonds is 1. The summed E-state index contributed by atoms with van der Waals surface area (Å²) in [5, 5.41) is 4.45. The maximum Gasteiger partial charge on any atom is 0.325 e. The third kappa shape index (κ3) is 3.37. The molecule has 0 aliphatic carbocycles. The largest absolute Gasteiger partial charge is 0.325 e. The molecule has 0 unspecified atom stereocenters. The van der Waals surface area contributed by atoms with Gasteiger partial charge >= 0.3 is 6.03 Å². The Kier molecular flexibility index (Phi) is 3.03. The zero-order valence-corrected chi connectivity index (χ0v) is 6.91. The van der Waals surface area contributed by atoms with Gasteiger partial charge in [0.1, 0.15) is 0 Å². The van der Waals surface area contributed by atoms with Crippen molar-refractivity contribution in [2.24, 2.45) is 0 Å². The Morgan fingerprint density at radius 3 is 2.31 bits per heavy atom. The van der Waals surface area contributed by atoms with Crippen molar-refractivity contribution in [1.82, 2.24) is 5.32 Å². The van der Waals surface area contributed by atoms with E-state index in [1.807, 2.05) is 11.4 Å². The lowest BCUT2D eigenvalue weighted by Gasteiger charge is -2.03. The summed E-state index contributed by atoms with van der Waals surface area (Å²) in [4.78, 5) is 21.3. The third-order valence-electron chi connectivity index (χ3n) is 1.28. The Morgan fingerprint density at radius 2 is 1.77 bits per heavy atom. The van der Waals surface area contributed by atoms with E-state index < -0.39 is 11.9 Å². The molecule has 0 aromatic heterocycles. The van der Waals surface area contributed by atoms with E-state index in [1.54, 1.807) is 24.3 Å². The van der Waals surface area contributed by atoms with E-state index in [1.165, 1.54) is 0 Å². The monoisotopic (exact) mass is 177 g/mol. The number of carbonyl (C=O) groups is 2. The van der Waals surface area contributed by atoms with E-state index in [-0.39, 0.29) is 0 Å². The fourth-order valence-corrected chi connectivity index (χ4v) is 0.810. The minimum absolute atomic E-state index is 0.578. The van der Waals surface area contributed by atoms with Gasteiger partial charge in [-0.3, -0.25) is 10.1 Å². The van der Waals surface area contributed by atoms with Crippen LogP contribution in [0.25, 0.3) is 0 Å². The molecule has 13 heavy (non-hydrogen) atoms. The Morgan fingerprint density at radius 1 is 1.15 bits per heavy atom. The lowest BCUT2D eigenvalue weighted by molar-refractivity contribution is -0.115. The van der Waals surface area contributed by atoms with Crippen molar-refractivity contribution < 1.29 is 9.59 Å². The topological polar surface area (TPSA) is 58.2 Å². The number of carbonyl (C=O) groups excluding carboxylic acids is 2. The van der Waals surface area contributed by atoms with Crippen LogP contribution in [0.4, 0.5) is 10.5 Å². The lowest BCUT2D eigenvalue weighted by Crippen LogP contribution is -2.32. The van der Waals surface area contributed by atoms with E-state index in [0.29, 0.717) is 5.69 Å². The molecule has 1 rings (SSSR count). The zero-order chi connectivity index (χ0) is 9.68. The van der Waals surface area contributed by atoms with Gasteiger partial charge in [-0.1, -0.05) is 18.2 Å². The second-order valence-electron chi connectivity index (χ2n) is 2.37. The van der Waals surface area contributed by atoms with Crippen LogP contribution in [0.2, 0.25) is 0 Å². The summed E-state index contributed by atoms with van der Waals surface area (Å²) < 4.78 is 0. The Hall–Kier alpha value is -1.84. The third-order valence-corrected chi connectivity index (χ3v) is 1.28. The summed E-state index contributed by atoms with van der Waals surface area (Å²) in [6.07, 6.45) is 0. The molecule has 1 radical (unpaired) electrons. The van der Waals surface area contributed by atoms with Gasteiger partial charge in [0.15, 0.2) is 0 Å². The molecule has 67 valence electrons. The molecule has 2 N–H and O–H groups in total. The number of urea groups is 1. The van der Waals surface area contributed by atoms with Crippen LogP contribution in [-0.4, -0.2) is 11.9 Å². The molecule has 1 aromatic carbocycles. The molecule has 1 aromatic rings. The first kappa shape index (κ1) is 9.25. The van der Waals surface area contributed by atoms with Crippen LogP contribution in [0.15, 0.2) is 30.3 Å². The molecule has 4 heteroatoms. The molecule has 0 aliphatic rings. The highest BCUT2D eigenvalue weighted by Gasteiger charge is 2.01. The normalized spacial score (nSPS) is 9.00. The predicted octanol–water partition coefficient (Wildman–Crippen LogP) is 1.17. The average Bonchev–Trinajstić information content (AvgIpc) is 2.04. The fourth-order valence-electron chi connectivity index (χ4n) is 0.810. The first-order valence-corrected chi connectivity index (χ1v) is 3.67. The Labute approximate surface area is 75.9 Å². The minimum atomic E-state index is -0.631. The standard InChI is InChI=1S/C9H9N2O2/c1-7(12)10-9(13)11-8-5-3-2-4-6-8/h2-6H,1H2,(H2,10,11,12,13). The summed E-state index contributed by atoms with van der Waals surface area (Å²) in [5.74, 6) is -0.631. The SMILES string of the molecule is [CH2]C(=O)NC(=O)Nc1ccccc1. The first-order valence-electron chi connectivity index (χ1n) is 3.67. The second kappa shape index (κ2) is 4.25. The molecule has 0 spiro atoms. The van der Waals surface area contributed by atoms with Gasteiger partial charge in [0.2, 0.25) is 5.91 Å². The predicted molar refractivity (Wildman–Crippen MR) is 49.0 cm³/mol. The van der Waals surface area contributed by atoms with E-state index in [2.05, 4.69) is 12.2 Å². The van der Waals surface area contributed by atoms with Crippen LogP contribution in [-0.2, 0) is 4.79 Å². The maximum atomic E-state index is 10.9. The van der Waals surface area contributed by atoms with Crippen LogP contribution < -0.4 is 10.6 Å². The van der Waals surface area contributed by atoms with Crippen molar-refractivity contribution in [3.63, 3.8) is 0 Å². The van der Waals surface area contributed by atoms with Crippen LogP contribution in [0.5, 0.6) is 0 Å². The Bertz CT molecular complexity index is 309. The van der Waals surface area contributed by atoms with E-state index in [4.69, 9.17) is 0 Å². The van der Waals surface area contributed by atoms with Crippen molar-refractivity contribution in [3.05, 3.63) is 37.3 Å². The highest BCUT2D eigenvalue weighted by molar-refractivity contribution is 6.02. The maximum absolute atomic E-state index is 10.9. The molecular weight excluding hydrogens is 168 g/mol. The van der Waals surface area contributed by atoms with E-state index in [9.17, 15) is 9.59 Å². The van der Waals surface area contributed by atoms with Crippen molar-refractivity contribution in [1.29, 1.82) is 0 Å². The molecule has 0 heterocycles. The van der Waals surface area contributed by atoms with Crippen molar-refractivity contribution in [2.45, 2.75) is 0 Å². The average molecular weight is 177 g/mol. The molecular formula is C9H9N2O2. The number of imide groups is 1. The highest BCUT2D eigenvalue weighted by atomic mass is 16.2. The van der Waals surface area contributed by atoms with E-state index in [0.717, 1.165) is 0 Å². The fraction of sp³-hybridized carbons (Fsp3) is 0. The molecule has 0 saturated heterocycles. The summed E-state index contributed by atoms with van der Waals surface area (Å²) in [6, 6.07) is 8.24. The van der Waals surface area contributed by atoms with Crippen LogP contribution in [0.3, 0.4) is 0 Å². The number of hydrogen-bond acceptors (Lipinski definition) is 2. The number of amides is 3. The Balaban J connectivity index is 2.50. The second-order valence-corrected chi connectivity index (χ2v) is 2.37. The van der Waals surface area contributed by atoms with Crippen LogP contribution in [0.1, 0.15) is 0 Å². The number of anilines is 1. The van der Waals surface area contributed by atoms with Gasteiger partial charge in [0, 0.05) is 12.6 Å². The molecule has 0 saturated carbocycles. The van der Waals surface area contributed by atoms with Gasteiger partial charge < -0.3 is 5.32 Å². The minimum Gasteiger partial charge on any atom is -0.308 e. The molecule has 3 amide bonds. The molecule has 0 fully saturated rings. The summed E-state index contributed by atoms with van der Waals surface area (Å²) in [6.45, 7) is 3.01. The smallest absolute Gasteiger partial charge is 0.308 e. The summed E-state index contributed by atoms with van der Waals surface area (Å²) >= 11 is 0.